The van der Waals surface area contributed by atoms with Gasteiger partial charge in [0.25, 0.3) is 6.29 Å². The van der Waals surface area contributed by atoms with Gasteiger partial charge in [-0.2, -0.15) is 0 Å². The molecule has 2 bridgehead atoms. The molecule has 53 heavy (non-hydrogen) atoms. The van der Waals surface area contributed by atoms with Gasteiger partial charge in [0, 0.05) is 47.7 Å². The number of aliphatic hydroxyl groups is 1. The molecule has 0 amide bonds. The Morgan fingerprint density at radius 2 is 1.55 bits per heavy atom. The molecule has 12 unspecified atom stereocenters. The van der Waals surface area contributed by atoms with Crippen molar-refractivity contribution in [3.05, 3.63) is 23.3 Å². The minimum atomic E-state index is -2.15. The molecule has 0 aromatic heterocycles. The van der Waals surface area contributed by atoms with E-state index in [-0.39, 0.29) is 12.0 Å². The summed E-state index contributed by atoms with van der Waals surface area (Å²) < 4.78 is 41.4. The molecule has 1 N–H and O–H groups in total. The van der Waals surface area contributed by atoms with Gasteiger partial charge in [-0.25, -0.2) is 9.59 Å². The van der Waals surface area contributed by atoms with E-state index in [1.807, 2.05) is 34.6 Å². The fraction of sp³-hybridized carbons (Fsp3) is 0.744. The van der Waals surface area contributed by atoms with Gasteiger partial charge in [-0.05, 0) is 37.2 Å². The van der Waals surface area contributed by atoms with Crippen molar-refractivity contribution in [2.75, 3.05) is 7.11 Å². The Kier molecular flexibility index (Phi) is 9.49. The van der Waals surface area contributed by atoms with Gasteiger partial charge in [-0.3, -0.25) is 19.2 Å². The summed E-state index contributed by atoms with van der Waals surface area (Å²) in [5.74, 6) is -9.72. The minimum absolute atomic E-state index is 0.0385. The Balaban J connectivity index is 1.59. The highest BCUT2D eigenvalue weighted by Gasteiger charge is 2.90. The molecule has 4 fully saturated rings. The molecule has 292 valence electrons. The van der Waals surface area contributed by atoms with Gasteiger partial charge in [0.15, 0.2) is 5.79 Å². The molecule has 2 saturated carbocycles. The van der Waals surface area contributed by atoms with E-state index in [1.54, 1.807) is 20.8 Å². The number of rotatable bonds is 10. The zero-order valence-corrected chi connectivity index (χ0v) is 32.1. The van der Waals surface area contributed by atoms with E-state index in [4.69, 9.17) is 33.2 Å². The third-order valence-corrected chi connectivity index (χ3v) is 13.7. The van der Waals surface area contributed by atoms with E-state index < -0.39 is 118 Å². The molecule has 0 radical (unpaired) electrons. The zero-order chi connectivity index (χ0) is 39.2. The Morgan fingerprint density at radius 1 is 0.943 bits per heavy atom. The molecule has 0 aromatic carbocycles. The van der Waals surface area contributed by atoms with Crippen molar-refractivity contribution in [2.45, 2.75) is 130 Å². The van der Waals surface area contributed by atoms with E-state index in [1.165, 1.54) is 26.2 Å². The molecule has 4 aliphatic heterocycles. The van der Waals surface area contributed by atoms with Crippen molar-refractivity contribution in [1.82, 2.24) is 0 Å². The highest BCUT2D eigenvalue weighted by Crippen LogP contribution is 2.80. The zero-order valence-electron chi connectivity index (χ0n) is 32.1. The summed E-state index contributed by atoms with van der Waals surface area (Å²) in [5.41, 5.74) is -4.86. The lowest BCUT2D eigenvalue weighted by Gasteiger charge is -2.67. The lowest BCUT2D eigenvalue weighted by molar-refractivity contribution is -0.326. The standard InChI is InChI=1S/C39H52O14/c1-11-18(3)32(43)51-30-28-31(52-33(44)19(4)12-2)38-22(37(9,39(28,46)53-38)23(35(30,6)7)16-25(41)47-10)13-14-36(8)24(38)17-26(42)49-29(36)21-15-27(48-20(5)40)50-34(21)45/h15,17-19,22-23,27-31,46H,11-14,16H2,1-10H3/t18?,19?,22?,23?,27-,28?,29?,30?,31?,36?,37?,38?,39?/m0/s1. The van der Waals surface area contributed by atoms with Crippen LogP contribution in [0.2, 0.25) is 0 Å². The summed E-state index contributed by atoms with van der Waals surface area (Å²) in [5, 5.41) is 13.3. The number of cyclic esters (lactones) is 2. The molecule has 2 saturated heterocycles. The van der Waals surface area contributed by atoms with Gasteiger partial charge in [-0.1, -0.05) is 55.4 Å². The fourth-order valence-electron chi connectivity index (χ4n) is 10.6. The van der Waals surface area contributed by atoms with Crippen LogP contribution in [0.1, 0.15) is 94.4 Å². The van der Waals surface area contributed by atoms with Crippen LogP contribution in [-0.2, 0) is 61.9 Å². The van der Waals surface area contributed by atoms with E-state index in [0.717, 1.165) is 0 Å². The number of carbonyl (C=O) groups is 6. The van der Waals surface area contributed by atoms with E-state index in [9.17, 15) is 33.9 Å². The Labute approximate surface area is 309 Å². The normalized spacial score (nSPS) is 41.4. The number of methoxy groups -OCH3 is 1. The van der Waals surface area contributed by atoms with Crippen molar-refractivity contribution in [3.63, 3.8) is 0 Å². The van der Waals surface area contributed by atoms with E-state index in [2.05, 4.69) is 0 Å². The first-order valence-electron chi connectivity index (χ1n) is 18.6. The van der Waals surface area contributed by atoms with Crippen LogP contribution < -0.4 is 0 Å². The quantitative estimate of drug-likeness (QED) is 0.251. The maximum absolute atomic E-state index is 13.9. The van der Waals surface area contributed by atoms with Crippen molar-refractivity contribution >= 4 is 35.8 Å². The second-order valence-corrected chi connectivity index (χ2v) is 16.8. The second-order valence-electron chi connectivity index (χ2n) is 16.8. The molecule has 2 aliphatic carbocycles. The summed E-state index contributed by atoms with van der Waals surface area (Å²) in [6.07, 6.45) is -1.02. The predicted octanol–water partition coefficient (Wildman–Crippen LogP) is 3.86. The van der Waals surface area contributed by atoms with Crippen LogP contribution in [0, 0.1) is 45.8 Å². The second kappa shape index (κ2) is 12.9. The highest BCUT2D eigenvalue weighted by atomic mass is 16.7. The maximum atomic E-state index is 13.9. The summed E-state index contributed by atoms with van der Waals surface area (Å²) >= 11 is 0. The Morgan fingerprint density at radius 3 is 2.11 bits per heavy atom. The number of hydrogen-bond donors (Lipinski definition) is 1. The van der Waals surface area contributed by atoms with Crippen molar-refractivity contribution in [1.29, 1.82) is 0 Å². The average molecular weight is 745 g/mol. The molecular formula is C39H52O14. The lowest BCUT2D eigenvalue weighted by atomic mass is 9.37. The minimum Gasteiger partial charge on any atom is -0.469 e. The average Bonchev–Trinajstić information content (AvgIpc) is 3.65. The van der Waals surface area contributed by atoms with Crippen LogP contribution in [0.15, 0.2) is 23.3 Å². The molecule has 4 heterocycles. The topological polar surface area (TPSA) is 187 Å². The number of ether oxygens (including phenoxy) is 7. The van der Waals surface area contributed by atoms with Crippen LogP contribution in [0.5, 0.6) is 0 Å². The van der Waals surface area contributed by atoms with Gasteiger partial charge < -0.3 is 38.3 Å². The van der Waals surface area contributed by atoms with Crippen LogP contribution in [0.25, 0.3) is 0 Å². The molecule has 0 aromatic rings. The van der Waals surface area contributed by atoms with E-state index >= 15 is 0 Å². The van der Waals surface area contributed by atoms with Crippen LogP contribution >= 0.6 is 0 Å². The third kappa shape index (κ3) is 5.31. The number of hydrogen-bond acceptors (Lipinski definition) is 14. The number of fused-ring (bicyclic) bond motifs is 2. The van der Waals surface area contributed by atoms with E-state index in [0.29, 0.717) is 31.3 Å². The molecule has 6 aliphatic rings. The van der Waals surface area contributed by atoms with Crippen LogP contribution in [0.4, 0.5) is 0 Å². The fourth-order valence-corrected chi connectivity index (χ4v) is 10.6. The Bertz CT molecular complexity index is 1680. The lowest BCUT2D eigenvalue weighted by Crippen LogP contribution is -2.76. The predicted molar refractivity (Wildman–Crippen MR) is 181 cm³/mol. The molecule has 1 spiro atoms. The summed E-state index contributed by atoms with van der Waals surface area (Å²) in [6, 6.07) is 0. The van der Waals surface area contributed by atoms with Gasteiger partial charge >= 0.3 is 35.8 Å². The van der Waals surface area contributed by atoms with Crippen molar-refractivity contribution < 1.29 is 67.0 Å². The van der Waals surface area contributed by atoms with Gasteiger partial charge in [0.05, 0.1) is 30.4 Å². The highest BCUT2D eigenvalue weighted by molar-refractivity contribution is 5.95. The Hall–Kier alpha value is -3.78. The number of carbonyl (C=O) groups excluding carboxylic acids is 6. The summed E-state index contributed by atoms with van der Waals surface area (Å²) in [4.78, 5) is 79.5. The SMILES string of the molecule is CCC(C)C(=O)OC1C2C(OC(=O)C(C)CC)C34OC2(O)C(C)(C(CC(=O)OC)C1(C)C)C3CCC1(C)C4=CC(=O)OC1C1=C[C@@H](OC(C)=O)OC1=O. The summed E-state index contributed by atoms with van der Waals surface area (Å²) in [6.45, 7) is 15.7. The molecule has 6 rings (SSSR count). The van der Waals surface area contributed by atoms with Gasteiger partial charge in [-0.15, -0.1) is 0 Å². The van der Waals surface area contributed by atoms with Gasteiger partial charge in [0.1, 0.15) is 23.9 Å². The first-order valence-corrected chi connectivity index (χ1v) is 18.6. The molecule has 14 nitrogen and oxygen atoms in total. The molecule has 13 atom stereocenters. The van der Waals surface area contributed by atoms with Crippen LogP contribution in [0.3, 0.4) is 0 Å². The monoisotopic (exact) mass is 744 g/mol. The maximum Gasteiger partial charge on any atom is 0.341 e. The molecule has 14 heteroatoms. The number of esters is 6. The third-order valence-electron chi connectivity index (χ3n) is 13.7. The van der Waals surface area contributed by atoms with Gasteiger partial charge in [0.2, 0.25) is 0 Å². The first-order chi connectivity index (χ1) is 24.7. The van der Waals surface area contributed by atoms with Crippen molar-refractivity contribution in [2.24, 2.45) is 45.8 Å². The van der Waals surface area contributed by atoms with Crippen molar-refractivity contribution in [3.8, 4) is 0 Å². The smallest absolute Gasteiger partial charge is 0.341 e. The van der Waals surface area contributed by atoms with Crippen LogP contribution in [-0.4, -0.2) is 84.0 Å². The largest absolute Gasteiger partial charge is 0.469 e. The summed E-state index contributed by atoms with van der Waals surface area (Å²) in [7, 11) is 1.28. The molecular weight excluding hydrogens is 692 g/mol. The first kappa shape index (κ1) is 38.9.